The first kappa shape index (κ1) is 14.5. The molecule has 0 saturated carbocycles. The molecule has 0 bridgehead atoms. The van der Waals surface area contributed by atoms with Gasteiger partial charge in [0.25, 0.3) is 0 Å². The lowest BCUT2D eigenvalue weighted by atomic mass is 10.1. The topological polar surface area (TPSA) is 110 Å². The van der Waals surface area contributed by atoms with Crippen molar-refractivity contribution >= 4 is 18.2 Å². The van der Waals surface area contributed by atoms with Crippen LogP contribution in [0, 0.1) is 0 Å². The van der Waals surface area contributed by atoms with Crippen molar-refractivity contribution in [2.24, 2.45) is 0 Å². The number of rotatable bonds is 6. The molecule has 0 heterocycles. The number of aliphatic hydroxyl groups excluding tert-OH is 2. The summed E-state index contributed by atoms with van der Waals surface area (Å²) in [4.78, 5) is 32.0. The Morgan fingerprint density at radius 2 is 1.75 bits per heavy atom. The summed E-state index contributed by atoms with van der Waals surface area (Å²) >= 11 is 0. The van der Waals surface area contributed by atoms with E-state index in [-0.39, 0.29) is 6.29 Å². The van der Waals surface area contributed by atoms with Gasteiger partial charge in [0.15, 0.2) is 18.5 Å². The van der Waals surface area contributed by atoms with Gasteiger partial charge in [-0.05, 0) is 0 Å². The van der Waals surface area contributed by atoms with Crippen LogP contribution in [0.3, 0.4) is 0 Å². The second-order valence-electron chi connectivity index (χ2n) is 3.03. The van der Waals surface area contributed by atoms with Gasteiger partial charge in [0, 0.05) is 13.8 Å². The second kappa shape index (κ2) is 6.91. The quantitative estimate of drug-likeness (QED) is 0.420. The summed E-state index contributed by atoms with van der Waals surface area (Å²) in [6.07, 6.45) is -4.14. The van der Waals surface area contributed by atoms with Gasteiger partial charge in [-0.1, -0.05) is 0 Å². The smallest absolute Gasteiger partial charge is 0.303 e. The number of esters is 2. The average molecular weight is 234 g/mol. The molecule has 7 nitrogen and oxygen atoms in total. The standard InChI is InChI=1S/C9H14O7/c1-5(12)15-8(4-11)9(7(14)3-10)16-6(2)13/h4,7-10,14H,3H2,1-2H3/t7-,8+,9-/m1/s1. The van der Waals surface area contributed by atoms with Crippen LogP contribution in [0.5, 0.6) is 0 Å². The number of aldehydes is 1. The third-order valence-corrected chi connectivity index (χ3v) is 1.63. The van der Waals surface area contributed by atoms with E-state index in [0.717, 1.165) is 13.8 Å². The first-order valence-electron chi connectivity index (χ1n) is 4.51. The molecule has 0 rings (SSSR count). The molecule has 7 heteroatoms. The number of carbonyl (C=O) groups is 3. The molecule has 0 aliphatic heterocycles. The minimum absolute atomic E-state index is 0.216. The molecule has 0 spiro atoms. The maximum absolute atomic E-state index is 10.7. The van der Waals surface area contributed by atoms with E-state index in [1.165, 1.54) is 0 Å². The summed E-state index contributed by atoms with van der Waals surface area (Å²) in [5.41, 5.74) is 0. The molecule has 0 amide bonds. The predicted molar refractivity (Wildman–Crippen MR) is 50.3 cm³/mol. The zero-order valence-corrected chi connectivity index (χ0v) is 8.95. The average Bonchev–Trinajstić information content (AvgIpc) is 2.21. The number of aliphatic hydroxyl groups is 2. The van der Waals surface area contributed by atoms with E-state index in [9.17, 15) is 19.5 Å². The van der Waals surface area contributed by atoms with Gasteiger partial charge in [-0.15, -0.1) is 0 Å². The summed E-state index contributed by atoms with van der Waals surface area (Å²) in [6, 6.07) is 0. The predicted octanol–water partition coefficient (Wildman–Crippen LogP) is -1.60. The fourth-order valence-corrected chi connectivity index (χ4v) is 1.02. The van der Waals surface area contributed by atoms with Crippen LogP contribution in [0.15, 0.2) is 0 Å². The van der Waals surface area contributed by atoms with Gasteiger partial charge in [-0.3, -0.25) is 14.4 Å². The van der Waals surface area contributed by atoms with Crippen LogP contribution >= 0.6 is 0 Å². The summed E-state index contributed by atoms with van der Waals surface area (Å²) in [5.74, 6) is -1.53. The van der Waals surface area contributed by atoms with E-state index < -0.39 is 36.9 Å². The van der Waals surface area contributed by atoms with Crippen LogP contribution < -0.4 is 0 Å². The normalized spacial score (nSPS) is 15.8. The largest absolute Gasteiger partial charge is 0.455 e. The molecular formula is C9H14O7. The van der Waals surface area contributed by atoms with Crippen molar-refractivity contribution in [2.75, 3.05) is 6.61 Å². The molecular weight excluding hydrogens is 220 g/mol. The molecule has 0 aromatic rings. The van der Waals surface area contributed by atoms with Gasteiger partial charge < -0.3 is 19.7 Å². The monoisotopic (exact) mass is 234 g/mol. The first-order valence-corrected chi connectivity index (χ1v) is 4.51. The highest BCUT2D eigenvalue weighted by molar-refractivity contribution is 5.71. The fraction of sp³-hybridized carbons (Fsp3) is 0.667. The van der Waals surface area contributed by atoms with Crippen molar-refractivity contribution < 1.29 is 34.1 Å². The van der Waals surface area contributed by atoms with Crippen LogP contribution in [-0.4, -0.2) is 53.4 Å². The lowest BCUT2D eigenvalue weighted by Gasteiger charge is -2.25. The zero-order chi connectivity index (χ0) is 12.7. The lowest BCUT2D eigenvalue weighted by Crippen LogP contribution is -2.45. The minimum Gasteiger partial charge on any atom is -0.455 e. The summed E-state index contributed by atoms with van der Waals surface area (Å²) < 4.78 is 9.13. The molecule has 0 fully saturated rings. The van der Waals surface area contributed by atoms with Crippen molar-refractivity contribution in [1.82, 2.24) is 0 Å². The minimum atomic E-state index is -1.50. The molecule has 0 aliphatic rings. The number of hydrogen-bond acceptors (Lipinski definition) is 7. The fourth-order valence-electron chi connectivity index (χ4n) is 1.02. The molecule has 0 unspecified atom stereocenters. The van der Waals surface area contributed by atoms with Gasteiger partial charge in [-0.2, -0.15) is 0 Å². The van der Waals surface area contributed by atoms with E-state index in [1.807, 2.05) is 0 Å². The molecule has 0 saturated heterocycles. The Hall–Kier alpha value is -1.47. The van der Waals surface area contributed by atoms with E-state index in [4.69, 9.17) is 5.11 Å². The number of ether oxygens (including phenoxy) is 2. The van der Waals surface area contributed by atoms with E-state index >= 15 is 0 Å². The SMILES string of the molecule is CC(=O)O[C@H]([C@H](O)CO)[C@H](C=O)OC(C)=O. The van der Waals surface area contributed by atoms with Gasteiger partial charge in [0.05, 0.1) is 6.61 Å². The Bertz CT molecular complexity index is 263. The molecule has 92 valence electrons. The van der Waals surface area contributed by atoms with Crippen LogP contribution in [-0.2, 0) is 23.9 Å². The third kappa shape index (κ3) is 4.85. The lowest BCUT2D eigenvalue weighted by molar-refractivity contribution is -0.176. The number of carbonyl (C=O) groups excluding carboxylic acids is 3. The first-order chi connectivity index (χ1) is 7.42. The Kier molecular flexibility index (Phi) is 6.28. The third-order valence-electron chi connectivity index (χ3n) is 1.63. The molecule has 0 aromatic heterocycles. The van der Waals surface area contributed by atoms with Crippen molar-refractivity contribution in [2.45, 2.75) is 32.2 Å². The summed E-state index contributed by atoms with van der Waals surface area (Å²) in [5, 5.41) is 18.0. The molecule has 16 heavy (non-hydrogen) atoms. The van der Waals surface area contributed by atoms with Gasteiger partial charge >= 0.3 is 11.9 Å². The van der Waals surface area contributed by atoms with Crippen LogP contribution in [0.1, 0.15) is 13.8 Å². The van der Waals surface area contributed by atoms with Crippen molar-refractivity contribution in [1.29, 1.82) is 0 Å². The zero-order valence-electron chi connectivity index (χ0n) is 8.95. The van der Waals surface area contributed by atoms with E-state index in [2.05, 4.69) is 9.47 Å². The Labute approximate surface area is 92.0 Å². The molecule has 2 N–H and O–H groups in total. The maximum Gasteiger partial charge on any atom is 0.303 e. The highest BCUT2D eigenvalue weighted by atomic mass is 16.6. The Morgan fingerprint density at radius 3 is 2.06 bits per heavy atom. The highest BCUT2D eigenvalue weighted by Gasteiger charge is 2.33. The van der Waals surface area contributed by atoms with E-state index in [1.54, 1.807) is 0 Å². The van der Waals surface area contributed by atoms with Crippen molar-refractivity contribution in [3.8, 4) is 0 Å². The van der Waals surface area contributed by atoms with Crippen LogP contribution in [0.4, 0.5) is 0 Å². The van der Waals surface area contributed by atoms with Crippen molar-refractivity contribution in [3.05, 3.63) is 0 Å². The van der Waals surface area contributed by atoms with Crippen LogP contribution in [0.25, 0.3) is 0 Å². The second-order valence-corrected chi connectivity index (χ2v) is 3.03. The molecule has 0 aromatic carbocycles. The highest BCUT2D eigenvalue weighted by Crippen LogP contribution is 2.08. The molecule has 0 radical (unpaired) electrons. The number of hydrogen-bond donors (Lipinski definition) is 2. The van der Waals surface area contributed by atoms with E-state index in [0.29, 0.717) is 0 Å². The molecule has 3 atom stereocenters. The summed E-state index contributed by atoms with van der Waals surface area (Å²) in [6.45, 7) is 1.39. The maximum atomic E-state index is 10.7. The van der Waals surface area contributed by atoms with Crippen molar-refractivity contribution in [3.63, 3.8) is 0 Å². The van der Waals surface area contributed by atoms with Gasteiger partial charge in [0.1, 0.15) is 6.10 Å². The molecule has 0 aliphatic carbocycles. The Balaban J connectivity index is 4.74. The Morgan fingerprint density at radius 1 is 1.25 bits per heavy atom. The van der Waals surface area contributed by atoms with Crippen LogP contribution in [0.2, 0.25) is 0 Å². The summed E-state index contributed by atoms with van der Waals surface area (Å²) in [7, 11) is 0. The van der Waals surface area contributed by atoms with Gasteiger partial charge in [0.2, 0.25) is 0 Å². The van der Waals surface area contributed by atoms with Gasteiger partial charge in [-0.25, -0.2) is 0 Å².